The maximum absolute atomic E-state index is 12.0. The Kier molecular flexibility index (Phi) is 4.29. The molecule has 1 aromatic rings. The second-order valence-electron chi connectivity index (χ2n) is 4.46. The maximum atomic E-state index is 12.0. The zero-order chi connectivity index (χ0) is 13.2. The molecule has 0 saturated carbocycles. The molecular formula is C10H20N4O2S. The zero-order valence-electron chi connectivity index (χ0n) is 10.9. The van der Waals surface area contributed by atoms with Gasteiger partial charge in [-0.05, 0) is 6.92 Å². The number of H-pyrrole nitrogens is 1. The lowest BCUT2D eigenvalue weighted by Gasteiger charge is -2.12. The molecule has 0 fully saturated rings. The van der Waals surface area contributed by atoms with Crippen molar-refractivity contribution in [1.29, 1.82) is 0 Å². The highest BCUT2D eigenvalue weighted by atomic mass is 32.2. The van der Waals surface area contributed by atoms with Crippen LogP contribution in [0.4, 0.5) is 0 Å². The molecule has 0 unspecified atom stereocenters. The minimum Gasteiger partial charge on any atom is -0.310 e. The first-order chi connectivity index (χ1) is 7.76. The summed E-state index contributed by atoms with van der Waals surface area (Å²) in [5, 5.41) is 9.92. The lowest BCUT2D eigenvalue weighted by Crippen LogP contribution is -2.26. The van der Waals surface area contributed by atoms with E-state index in [4.69, 9.17) is 0 Å². The number of hydrogen-bond donors (Lipinski definition) is 2. The second kappa shape index (κ2) is 5.16. The van der Waals surface area contributed by atoms with Crippen molar-refractivity contribution in [2.24, 2.45) is 0 Å². The molecule has 2 N–H and O–H groups in total. The first-order valence-corrected chi connectivity index (χ1v) is 6.90. The molecule has 1 aromatic heterocycles. The molecule has 0 aliphatic carbocycles. The standard InChI is InChI=1S/C10H20N4O2S/c1-7(2)11-6-9-8(3)12-13-10(9)17(15,16)14(4)5/h7,11H,6H2,1-5H3,(H,12,13). The summed E-state index contributed by atoms with van der Waals surface area (Å²) in [6.45, 7) is 6.33. The maximum Gasteiger partial charge on any atom is 0.262 e. The van der Waals surface area contributed by atoms with Gasteiger partial charge in [-0.25, -0.2) is 12.7 Å². The van der Waals surface area contributed by atoms with Crippen LogP contribution in [0.3, 0.4) is 0 Å². The number of aromatic amines is 1. The Hall–Kier alpha value is -0.920. The molecule has 0 atom stereocenters. The van der Waals surface area contributed by atoms with Crippen LogP contribution < -0.4 is 5.32 Å². The Balaban J connectivity index is 3.10. The summed E-state index contributed by atoms with van der Waals surface area (Å²) >= 11 is 0. The van der Waals surface area contributed by atoms with Crippen LogP contribution in [-0.4, -0.2) is 43.1 Å². The Morgan fingerprint density at radius 2 is 2.00 bits per heavy atom. The topological polar surface area (TPSA) is 78.1 Å². The molecular weight excluding hydrogens is 240 g/mol. The summed E-state index contributed by atoms with van der Waals surface area (Å²) in [5.74, 6) is 0. The molecule has 1 rings (SSSR count). The third kappa shape index (κ3) is 3.05. The van der Waals surface area contributed by atoms with E-state index in [0.717, 1.165) is 5.69 Å². The van der Waals surface area contributed by atoms with Crippen molar-refractivity contribution >= 4 is 10.0 Å². The van der Waals surface area contributed by atoms with E-state index >= 15 is 0 Å². The summed E-state index contributed by atoms with van der Waals surface area (Å²) in [7, 11) is -0.486. The van der Waals surface area contributed by atoms with Crippen LogP contribution in [0.2, 0.25) is 0 Å². The zero-order valence-corrected chi connectivity index (χ0v) is 11.7. The van der Waals surface area contributed by atoms with E-state index in [9.17, 15) is 8.42 Å². The van der Waals surface area contributed by atoms with E-state index in [1.54, 1.807) is 0 Å². The number of nitrogens with zero attached hydrogens (tertiary/aromatic N) is 2. The van der Waals surface area contributed by atoms with Gasteiger partial charge in [0, 0.05) is 37.9 Å². The summed E-state index contributed by atoms with van der Waals surface area (Å²) < 4.78 is 25.2. The highest BCUT2D eigenvalue weighted by molar-refractivity contribution is 7.89. The first-order valence-electron chi connectivity index (χ1n) is 5.46. The van der Waals surface area contributed by atoms with Crippen LogP contribution in [-0.2, 0) is 16.6 Å². The van der Waals surface area contributed by atoms with Crippen molar-refractivity contribution in [3.63, 3.8) is 0 Å². The smallest absolute Gasteiger partial charge is 0.262 e. The minimum atomic E-state index is -3.48. The lowest BCUT2D eigenvalue weighted by molar-refractivity contribution is 0.512. The summed E-state index contributed by atoms with van der Waals surface area (Å²) in [4.78, 5) is 0. The van der Waals surface area contributed by atoms with E-state index in [2.05, 4.69) is 15.5 Å². The molecule has 0 bridgehead atoms. The van der Waals surface area contributed by atoms with Gasteiger partial charge in [-0.2, -0.15) is 5.10 Å². The molecule has 6 nitrogen and oxygen atoms in total. The van der Waals surface area contributed by atoms with Crippen molar-refractivity contribution in [1.82, 2.24) is 19.8 Å². The fourth-order valence-electron chi connectivity index (χ4n) is 1.33. The van der Waals surface area contributed by atoms with Crippen molar-refractivity contribution in [3.05, 3.63) is 11.3 Å². The van der Waals surface area contributed by atoms with Gasteiger partial charge in [-0.15, -0.1) is 0 Å². The van der Waals surface area contributed by atoms with Gasteiger partial charge in [0.2, 0.25) is 0 Å². The van der Waals surface area contributed by atoms with E-state index in [-0.39, 0.29) is 5.03 Å². The molecule has 0 saturated heterocycles. The van der Waals surface area contributed by atoms with Gasteiger partial charge in [0.1, 0.15) is 0 Å². The van der Waals surface area contributed by atoms with Crippen molar-refractivity contribution in [2.75, 3.05) is 14.1 Å². The van der Waals surface area contributed by atoms with Crippen LogP contribution >= 0.6 is 0 Å². The average Bonchev–Trinajstić information content (AvgIpc) is 2.57. The quantitative estimate of drug-likeness (QED) is 0.806. The van der Waals surface area contributed by atoms with Crippen LogP contribution in [0.1, 0.15) is 25.1 Å². The normalized spacial score (nSPS) is 12.6. The molecule has 0 radical (unpaired) electrons. The van der Waals surface area contributed by atoms with E-state index in [1.165, 1.54) is 18.4 Å². The summed E-state index contributed by atoms with van der Waals surface area (Å²) in [5.41, 5.74) is 1.48. The molecule has 0 amide bonds. The van der Waals surface area contributed by atoms with Gasteiger partial charge in [-0.3, -0.25) is 5.10 Å². The van der Waals surface area contributed by atoms with Crippen molar-refractivity contribution in [3.8, 4) is 0 Å². The van der Waals surface area contributed by atoms with Gasteiger partial charge in [-0.1, -0.05) is 13.8 Å². The monoisotopic (exact) mass is 260 g/mol. The molecule has 0 spiro atoms. The number of aryl methyl sites for hydroxylation is 1. The summed E-state index contributed by atoms with van der Waals surface area (Å²) in [6, 6.07) is 0.291. The molecule has 17 heavy (non-hydrogen) atoms. The number of hydrogen-bond acceptors (Lipinski definition) is 4. The fourth-order valence-corrected chi connectivity index (χ4v) is 2.37. The number of sulfonamides is 1. The third-order valence-corrected chi connectivity index (χ3v) is 4.24. The molecule has 0 aliphatic rings. The molecule has 98 valence electrons. The second-order valence-corrected chi connectivity index (χ2v) is 6.52. The number of nitrogens with one attached hydrogen (secondary N) is 2. The van der Waals surface area contributed by atoms with Crippen molar-refractivity contribution in [2.45, 2.75) is 38.4 Å². The predicted molar refractivity (Wildman–Crippen MR) is 66.2 cm³/mol. The van der Waals surface area contributed by atoms with Gasteiger partial charge in [0.25, 0.3) is 10.0 Å². The van der Waals surface area contributed by atoms with Crippen LogP contribution in [0.25, 0.3) is 0 Å². The Bertz CT molecular complexity index is 476. The Morgan fingerprint density at radius 1 is 1.41 bits per heavy atom. The Labute approximate surface area is 102 Å². The molecule has 0 aromatic carbocycles. The van der Waals surface area contributed by atoms with Crippen LogP contribution in [0, 0.1) is 6.92 Å². The molecule has 0 aliphatic heterocycles. The number of rotatable bonds is 5. The van der Waals surface area contributed by atoms with Crippen molar-refractivity contribution < 1.29 is 8.42 Å². The largest absolute Gasteiger partial charge is 0.310 e. The highest BCUT2D eigenvalue weighted by Crippen LogP contribution is 2.18. The average molecular weight is 260 g/mol. The third-order valence-electron chi connectivity index (χ3n) is 2.45. The fraction of sp³-hybridized carbons (Fsp3) is 0.700. The first kappa shape index (κ1) is 14.1. The van der Waals surface area contributed by atoms with Crippen LogP contribution in [0.15, 0.2) is 5.03 Å². The van der Waals surface area contributed by atoms with E-state index in [1.807, 2.05) is 20.8 Å². The lowest BCUT2D eigenvalue weighted by atomic mass is 10.2. The van der Waals surface area contributed by atoms with E-state index < -0.39 is 10.0 Å². The van der Waals surface area contributed by atoms with Gasteiger partial charge in [0.05, 0.1) is 0 Å². The van der Waals surface area contributed by atoms with E-state index in [0.29, 0.717) is 18.2 Å². The predicted octanol–water partition coefficient (Wildman–Crippen LogP) is 0.466. The van der Waals surface area contributed by atoms with Gasteiger partial charge < -0.3 is 5.32 Å². The van der Waals surface area contributed by atoms with Gasteiger partial charge in [0.15, 0.2) is 5.03 Å². The molecule has 7 heteroatoms. The number of aromatic nitrogens is 2. The Morgan fingerprint density at radius 3 is 2.47 bits per heavy atom. The van der Waals surface area contributed by atoms with Gasteiger partial charge >= 0.3 is 0 Å². The minimum absolute atomic E-state index is 0.105. The molecule has 1 heterocycles. The SMILES string of the molecule is Cc1[nH]nc(S(=O)(=O)N(C)C)c1CNC(C)C. The van der Waals surface area contributed by atoms with Crippen LogP contribution in [0.5, 0.6) is 0 Å². The highest BCUT2D eigenvalue weighted by Gasteiger charge is 2.25. The summed E-state index contributed by atoms with van der Waals surface area (Å²) in [6.07, 6.45) is 0.